The molecule has 1 aromatic carbocycles. The zero-order chi connectivity index (χ0) is 13.6. The number of rotatable bonds is 5. The highest BCUT2D eigenvalue weighted by Gasteiger charge is 1.97. The molecule has 0 fully saturated rings. The summed E-state index contributed by atoms with van der Waals surface area (Å²) in [4.78, 5) is 8.33. The maximum Gasteiger partial charge on any atom is 0.0991 e. The van der Waals surface area contributed by atoms with E-state index in [0.717, 1.165) is 24.5 Å². The predicted molar refractivity (Wildman–Crippen MR) is 78.3 cm³/mol. The highest BCUT2D eigenvalue weighted by Crippen LogP contribution is 2.09. The smallest absolute Gasteiger partial charge is 0.0991 e. The van der Waals surface area contributed by atoms with Gasteiger partial charge in [-0.2, -0.15) is 0 Å². The van der Waals surface area contributed by atoms with Gasteiger partial charge in [-0.3, -0.25) is 4.98 Å². The highest BCUT2D eigenvalue weighted by molar-refractivity contribution is 5.34. The molecule has 2 heterocycles. The third-order valence-electron chi connectivity index (χ3n) is 3.10. The van der Waals surface area contributed by atoms with E-state index < -0.39 is 0 Å². The molecule has 0 aliphatic heterocycles. The van der Waals surface area contributed by atoms with Gasteiger partial charge in [-0.05, 0) is 29.8 Å². The Balaban J connectivity index is 1.56. The largest absolute Gasteiger partial charge is 0.307 e. The second-order valence-corrected chi connectivity index (χ2v) is 4.56. The van der Waals surface area contributed by atoms with E-state index in [4.69, 9.17) is 0 Å². The molecule has 0 bridgehead atoms. The van der Waals surface area contributed by atoms with E-state index >= 15 is 0 Å². The van der Waals surface area contributed by atoms with Gasteiger partial charge in [0.1, 0.15) is 0 Å². The number of benzene rings is 1. The van der Waals surface area contributed by atoms with Crippen LogP contribution in [0.3, 0.4) is 0 Å². The van der Waals surface area contributed by atoms with Crippen LogP contribution in [0.2, 0.25) is 0 Å². The lowest BCUT2D eigenvalue weighted by Gasteiger charge is -2.06. The van der Waals surface area contributed by atoms with Gasteiger partial charge in [-0.1, -0.05) is 18.2 Å². The van der Waals surface area contributed by atoms with E-state index in [1.165, 1.54) is 5.56 Å². The van der Waals surface area contributed by atoms with Gasteiger partial charge in [-0.25, -0.2) is 4.98 Å². The van der Waals surface area contributed by atoms with Crippen LogP contribution in [0.5, 0.6) is 0 Å². The van der Waals surface area contributed by atoms with E-state index in [1.54, 1.807) is 12.5 Å². The van der Waals surface area contributed by atoms with Crippen LogP contribution in [0, 0.1) is 0 Å². The molecule has 4 nitrogen and oxygen atoms in total. The van der Waals surface area contributed by atoms with Gasteiger partial charge < -0.3 is 9.88 Å². The van der Waals surface area contributed by atoms with Gasteiger partial charge in [-0.15, -0.1) is 0 Å². The number of nitrogens with one attached hydrogen (secondary N) is 1. The molecule has 4 heteroatoms. The second kappa shape index (κ2) is 6.12. The lowest BCUT2D eigenvalue weighted by atomic mass is 10.2. The molecule has 100 valence electrons. The summed E-state index contributed by atoms with van der Waals surface area (Å²) in [7, 11) is 0. The van der Waals surface area contributed by atoms with Crippen molar-refractivity contribution in [3.63, 3.8) is 0 Å². The lowest BCUT2D eigenvalue weighted by Crippen LogP contribution is -2.13. The van der Waals surface area contributed by atoms with Crippen molar-refractivity contribution < 1.29 is 0 Å². The fraction of sp³-hybridized carbons (Fsp3) is 0.125. The molecule has 0 spiro atoms. The minimum Gasteiger partial charge on any atom is -0.307 e. The maximum atomic E-state index is 4.29. The van der Waals surface area contributed by atoms with Gasteiger partial charge >= 0.3 is 0 Å². The highest BCUT2D eigenvalue weighted by atomic mass is 15.0. The zero-order valence-corrected chi connectivity index (χ0v) is 11.1. The Bertz CT molecular complexity index is 630. The summed E-state index contributed by atoms with van der Waals surface area (Å²) in [6, 6.07) is 14.4. The number of imidazole rings is 1. The van der Waals surface area contributed by atoms with Crippen molar-refractivity contribution in [2.45, 2.75) is 13.1 Å². The summed E-state index contributed by atoms with van der Waals surface area (Å²) in [5, 5.41) is 3.39. The Morgan fingerprint density at radius 1 is 0.950 bits per heavy atom. The van der Waals surface area contributed by atoms with E-state index in [1.807, 2.05) is 35.2 Å². The van der Waals surface area contributed by atoms with Gasteiger partial charge in [0.2, 0.25) is 0 Å². The summed E-state index contributed by atoms with van der Waals surface area (Å²) in [5.74, 6) is 0. The first kappa shape index (κ1) is 12.6. The average Bonchev–Trinajstić information content (AvgIpc) is 3.03. The Morgan fingerprint density at radius 3 is 2.55 bits per heavy atom. The minimum absolute atomic E-state index is 0.782. The van der Waals surface area contributed by atoms with E-state index in [2.05, 4.69) is 39.6 Å². The van der Waals surface area contributed by atoms with Gasteiger partial charge in [0.15, 0.2) is 0 Å². The van der Waals surface area contributed by atoms with E-state index in [9.17, 15) is 0 Å². The van der Waals surface area contributed by atoms with Crippen LogP contribution in [0.1, 0.15) is 11.3 Å². The lowest BCUT2D eigenvalue weighted by molar-refractivity contribution is 0.679. The van der Waals surface area contributed by atoms with Crippen LogP contribution < -0.4 is 5.32 Å². The molecule has 0 saturated heterocycles. The molecule has 2 aromatic heterocycles. The fourth-order valence-electron chi connectivity index (χ4n) is 2.04. The normalized spacial score (nSPS) is 10.6. The first-order valence-electron chi connectivity index (χ1n) is 6.60. The molecule has 0 aliphatic carbocycles. The molecule has 3 aromatic rings. The number of pyridine rings is 1. The van der Waals surface area contributed by atoms with Gasteiger partial charge in [0.05, 0.1) is 12.0 Å². The Kier molecular flexibility index (Phi) is 3.85. The molecule has 0 amide bonds. The first-order valence-corrected chi connectivity index (χ1v) is 6.60. The van der Waals surface area contributed by atoms with Crippen LogP contribution in [0.15, 0.2) is 67.4 Å². The number of hydrogen-bond acceptors (Lipinski definition) is 3. The van der Waals surface area contributed by atoms with Crippen molar-refractivity contribution in [2.75, 3.05) is 0 Å². The van der Waals surface area contributed by atoms with Crippen molar-refractivity contribution in [2.24, 2.45) is 0 Å². The van der Waals surface area contributed by atoms with Crippen molar-refractivity contribution in [1.29, 1.82) is 0 Å². The molecule has 3 rings (SSSR count). The molecular formula is C16H16N4. The summed E-state index contributed by atoms with van der Waals surface area (Å²) < 4.78 is 1.99. The van der Waals surface area contributed by atoms with E-state index in [-0.39, 0.29) is 0 Å². The molecule has 0 unspecified atom stereocenters. The maximum absolute atomic E-state index is 4.29. The number of aromatic nitrogens is 3. The fourth-order valence-corrected chi connectivity index (χ4v) is 2.04. The summed E-state index contributed by atoms with van der Waals surface area (Å²) in [5.41, 5.74) is 3.43. The molecule has 0 aliphatic rings. The zero-order valence-electron chi connectivity index (χ0n) is 11.1. The van der Waals surface area contributed by atoms with Crippen molar-refractivity contribution in [3.05, 3.63) is 78.6 Å². The monoisotopic (exact) mass is 264 g/mol. The minimum atomic E-state index is 0.782. The third kappa shape index (κ3) is 3.10. The third-order valence-corrected chi connectivity index (χ3v) is 3.10. The van der Waals surface area contributed by atoms with Gasteiger partial charge in [0, 0.05) is 37.4 Å². The van der Waals surface area contributed by atoms with Crippen LogP contribution in [0.4, 0.5) is 0 Å². The molecule has 0 radical (unpaired) electrons. The first-order chi connectivity index (χ1) is 9.92. The van der Waals surface area contributed by atoms with Crippen LogP contribution in [-0.4, -0.2) is 14.5 Å². The SMILES string of the molecule is c1ccc(CNCc2ccc(-n3ccnc3)cc2)nc1. The van der Waals surface area contributed by atoms with E-state index in [0.29, 0.717) is 0 Å². The summed E-state index contributed by atoms with van der Waals surface area (Å²) in [6.45, 7) is 1.62. The topological polar surface area (TPSA) is 42.7 Å². The molecule has 1 N–H and O–H groups in total. The number of nitrogens with zero attached hydrogens (tertiary/aromatic N) is 3. The second-order valence-electron chi connectivity index (χ2n) is 4.56. The van der Waals surface area contributed by atoms with Crippen molar-refractivity contribution in [1.82, 2.24) is 19.9 Å². The summed E-state index contributed by atoms with van der Waals surface area (Å²) in [6.07, 6.45) is 7.34. The molecule has 20 heavy (non-hydrogen) atoms. The van der Waals surface area contributed by atoms with Crippen LogP contribution in [0.25, 0.3) is 5.69 Å². The molecule has 0 saturated carbocycles. The standard InChI is InChI=1S/C16H16N4/c1-2-8-19-15(3-1)12-18-11-14-4-6-16(7-5-14)20-10-9-17-13-20/h1-10,13,18H,11-12H2. The van der Waals surface area contributed by atoms with Crippen LogP contribution in [-0.2, 0) is 13.1 Å². The average molecular weight is 264 g/mol. The van der Waals surface area contributed by atoms with Crippen LogP contribution >= 0.6 is 0 Å². The molecule has 0 atom stereocenters. The molecular weight excluding hydrogens is 248 g/mol. The number of hydrogen-bond donors (Lipinski definition) is 1. The van der Waals surface area contributed by atoms with Gasteiger partial charge in [0.25, 0.3) is 0 Å². The van der Waals surface area contributed by atoms with Crippen molar-refractivity contribution >= 4 is 0 Å². The Morgan fingerprint density at radius 2 is 1.85 bits per heavy atom. The van der Waals surface area contributed by atoms with Crippen molar-refractivity contribution in [3.8, 4) is 5.69 Å². The Labute approximate surface area is 118 Å². The Hall–Kier alpha value is -2.46. The predicted octanol–water partition coefficient (Wildman–Crippen LogP) is 2.56. The summed E-state index contributed by atoms with van der Waals surface area (Å²) >= 11 is 0. The quantitative estimate of drug-likeness (QED) is 0.770.